The van der Waals surface area contributed by atoms with Crippen LogP contribution in [0.4, 0.5) is 4.39 Å². The minimum Gasteiger partial charge on any atom is -0.337 e. The van der Waals surface area contributed by atoms with E-state index in [1.165, 1.54) is 17.7 Å². The van der Waals surface area contributed by atoms with Crippen molar-refractivity contribution in [2.45, 2.75) is 32.2 Å². The van der Waals surface area contributed by atoms with E-state index in [9.17, 15) is 4.39 Å². The second kappa shape index (κ2) is 8.68. The van der Waals surface area contributed by atoms with Crippen molar-refractivity contribution in [3.8, 4) is 0 Å². The summed E-state index contributed by atoms with van der Waals surface area (Å²) in [4.78, 5) is 12.4. The van der Waals surface area contributed by atoms with Crippen molar-refractivity contribution in [1.29, 1.82) is 0 Å². The molecule has 0 saturated carbocycles. The average molecular weight is 295 g/mol. The molecule has 0 saturated heterocycles. The topological polar surface area (TPSA) is 81.2 Å². The maximum Gasteiger partial charge on any atom is 0.291 e. The summed E-state index contributed by atoms with van der Waals surface area (Å²) in [6, 6.07) is 6.83. The van der Waals surface area contributed by atoms with Crippen molar-refractivity contribution in [3.63, 3.8) is 0 Å². The highest BCUT2D eigenvalue weighted by Crippen LogP contribution is 2.23. The highest BCUT2D eigenvalue weighted by Gasteiger charge is 2.11. The third-order valence-electron chi connectivity index (χ3n) is 2.97. The summed E-state index contributed by atoms with van der Waals surface area (Å²) in [5, 5.41) is 13.6. The van der Waals surface area contributed by atoms with Crippen LogP contribution in [0.3, 0.4) is 0 Å². The van der Waals surface area contributed by atoms with Gasteiger partial charge in [0, 0.05) is 24.9 Å². The molecule has 0 aliphatic heterocycles. The quantitative estimate of drug-likeness (QED) is 0.678. The smallest absolute Gasteiger partial charge is 0.291 e. The standard InChI is InChI=1S/C14H17FN2.HNO3/c1-2-3-13(10-17-9-8-16-11-17)12-4-6-14(15)7-5-12;2-1(3)4/h4-9,11,13H,2-3,10H2,1H3;(H,2,3,4). The van der Waals surface area contributed by atoms with Crippen LogP contribution in [0.2, 0.25) is 0 Å². The summed E-state index contributed by atoms with van der Waals surface area (Å²) < 4.78 is 15.0. The first-order valence-corrected chi connectivity index (χ1v) is 6.57. The predicted molar refractivity (Wildman–Crippen MR) is 75.1 cm³/mol. The molecule has 0 fully saturated rings. The van der Waals surface area contributed by atoms with Gasteiger partial charge in [0.1, 0.15) is 5.82 Å². The van der Waals surface area contributed by atoms with E-state index in [0.29, 0.717) is 5.92 Å². The fourth-order valence-corrected chi connectivity index (χ4v) is 2.10. The summed E-state index contributed by atoms with van der Waals surface area (Å²) in [5.41, 5.74) is 1.20. The fraction of sp³-hybridized carbons (Fsp3) is 0.357. The minimum absolute atomic E-state index is 0.174. The van der Waals surface area contributed by atoms with Gasteiger partial charge in [0.2, 0.25) is 0 Å². The Morgan fingerprint density at radius 1 is 1.43 bits per heavy atom. The minimum atomic E-state index is -1.50. The van der Waals surface area contributed by atoms with E-state index >= 15 is 0 Å². The Hall–Kier alpha value is -2.44. The first-order valence-electron chi connectivity index (χ1n) is 6.57. The fourth-order valence-electron chi connectivity index (χ4n) is 2.10. The molecule has 114 valence electrons. The second-order valence-corrected chi connectivity index (χ2v) is 4.53. The molecule has 21 heavy (non-hydrogen) atoms. The predicted octanol–water partition coefficient (Wildman–Crippen LogP) is 3.26. The van der Waals surface area contributed by atoms with Gasteiger partial charge in [-0.05, 0) is 24.1 Å². The number of benzene rings is 1. The summed E-state index contributed by atoms with van der Waals surface area (Å²) >= 11 is 0. The van der Waals surface area contributed by atoms with Gasteiger partial charge in [0.25, 0.3) is 5.09 Å². The Labute approximate surface area is 122 Å². The summed E-state index contributed by atoms with van der Waals surface area (Å²) in [6.45, 7) is 3.07. The summed E-state index contributed by atoms with van der Waals surface area (Å²) in [7, 11) is 0. The summed E-state index contributed by atoms with van der Waals surface area (Å²) in [6.07, 6.45) is 7.80. The Morgan fingerprint density at radius 3 is 2.52 bits per heavy atom. The van der Waals surface area contributed by atoms with Crippen LogP contribution in [0.15, 0.2) is 43.0 Å². The van der Waals surface area contributed by atoms with Gasteiger partial charge in [-0.2, -0.15) is 0 Å². The van der Waals surface area contributed by atoms with E-state index < -0.39 is 5.09 Å². The van der Waals surface area contributed by atoms with Gasteiger partial charge in [0.15, 0.2) is 0 Å². The number of halogens is 1. The number of nitrogens with zero attached hydrogens (tertiary/aromatic N) is 3. The van der Waals surface area contributed by atoms with Crippen LogP contribution < -0.4 is 0 Å². The Balaban J connectivity index is 0.000000491. The molecular weight excluding hydrogens is 277 g/mol. The molecule has 1 unspecified atom stereocenters. The third kappa shape index (κ3) is 6.51. The largest absolute Gasteiger partial charge is 0.337 e. The first-order chi connectivity index (χ1) is 10.0. The average Bonchev–Trinajstić information content (AvgIpc) is 2.91. The Morgan fingerprint density at radius 2 is 2.05 bits per heavy atom. The molecule has 0 amide bonds. The molecule has 0 aliphatic carbocycles. The van der Waals surface area contributed by atoms with E-state index in [-0.39, 0.29) is 5.82 Å². The maximum atomic E-state index is 12.9. The molecule has 1 aromatic heterocycles. The number of hydrogen-bond donors (Lipinski definition) is 1. The van der Waals surface area contributed by atoms with Crippen molar-refractivity contribution in [3.05, 3.63) is 64.5 Å². The zero-order chi connectivity index (χ0) is 15.7. The highest BCUT2D eigenvalue weighted by atomic mass is 19.1. The van der Waals surface area contributed by atoms with Crippen molar-refractivity contribution < 1.29 is 14.7 Å². The lowest BCUT2D eigenvalue weighted by molar-refractivity contribution is -0.742. The molecular formula is C14H18FN3O3. The van der Waals surface area contributed by atoms with Crippen molar-refractivity contribution in [2.75, 3.05) is 0 Å². The molecule has 2 rings (SSSR count). The van der Waals surface area contributed by atoms with Crippen LogP contribution in [-0.4, -0.2) is 19.8 Å². The highest BCUT2D eigenvalue weighted by molar-refractivity contribution is 5.20. The van der Waals surface area contributed by atoms with E-state index in [0.717, 1.165) is 19.4 Å². The van der Waals surface area contributed by atoms with Crippen LogP contribution in [0, 0.1) is 15.9 Å². The van der Waals surface area contributed by atoms with E-state index in [1.807, 2.05) is 24.7 Å². The zero-order valence-corrected chi connectivity index (χ0v) is 11.7. The number of rotatable bonds is 5. The lowest BCUT2D eigenvalue weighted by Crippen LogP contribution is -2.08. The molecule has 1 heterocycles. The molecule has 1 N–H and O–H groups in total. The van der Waals surface area contributed by atoms with Gasteiger partial charge >= 0.3 is 0 Å². The molecule has 1 aromatic carbocycles. The molecule has 0 aliphatic rings. The molecule has 6 nitrogen and oxygen atoms in total. The lowest BCUT2D eigenvalue weighted by atomic mass is 9.94. The van der Waals surface area contributed by atoms with Gasteiger partial charge in [-0.15, -0.1) is 10.1 Å². The van der Waals surface area contributed by atoms with Crippen LogP contribution in [0.1, 0.15) is 31.2 Å². The van der Waals surface area contributed by atoms with Crippen LogP contribution in [0.5, 0.6) is 0 Å². The molecule has 0 spiro atoms. The maximum absolute atomic E-state index is 12.9. The van der Waals surface area contributed by atoms with Gasteiger partial charge in [-0.3, -0.25) is 0 Å². The molecule has 0 bridgehead atoms. The molecule has 0 radical (unpaired) electrons. The third-order valence-corrected chi connectivity index (χ3v) is 2.97. The van der Waals surface area contributed by atoms with Gasteiger partial charge in [0.05, 0.1) is 6.33 Å². The number of imidazole rings is 1. The van der Waals surface area contributed by atoms with Crippen LogP contribution >= 0.6 is 0 Å². The number of aromatic nitrogens is 2. The molecule has 1 atom stereocenters. The zero-order valence-electron chi connectivity index (χ0n) is 11.7. The van der Waals surface area contributed by atoms with Crippen LogP contribution in [-0.2, 0) is 6.54 Å². The van der Waals surface area contributed by atoms with Crippen molar-refractivity contribution in [2.24, 2.45) is 0 Å². The second-order valence-electron chi connectivity index (χ2n) is 4.53. The van der Waals surface area contributed by atoms with E-state index in [4.69, 9.17) is 15.3 Å². The van der Waals surface area contributed by atoms with Crippen molar-refractivity contribution >= 4 is 0 Å². The van der Waals surface area contributed by atoms with E-state index in [1.54, 1.807) is 6.20 Å². The molecule has 7 heteroatoms. The van der Waals surface area contributed by atoms with E-state index in [2.05, 4.69) is 16.5 Å². The van der Waals surface area contributed by atoms with Gasteiger partial charge < -0.3 is 9.77 Å². The molecule has 2 aromatic rings. The normalized spacial score (nSPS) is 11.3. The van der Waals surface area contributed by atoms with Gasteiger partial charge in [-0.1, -0.05) is 25.5 Å². The Bertz CT molecular complexity index is 525. The summed E-state index contributed by atoms with van der Waals surface area (Å²) in [5.74, 6) is 0.251. The lowest BCUT2D eigenvalue weighted by Gasteiger charge is -2.17. The van der Waals surface area contributed by atoms with Gasteiger partial charge in [-0.25, -0.2) is 9.37 Å². The first kappa shape index (κ1) is 16.6. The van der Waals surface area contributed by atoms with Crippen molar-refractivity contribution in [1.82, 2.24) is 9.55 Å². The number of hydrogen-bond acceptors (Lipinski definition) is 3. The monoisotopic (exact) mass is 295 g/mol. The Kier molecular flexibility index (Phi) is 6.86. The SMILES string of the molecule is CCCC(Cn1ccnc1)c1ccc(F)cc1.O=[N+]([O-])O. The van der Waals surface area contributed by atoms with Crippen LogP contribution in [0.25, 0.3) is 0 Å².